The molecule has 0 spiro atoms. The zero-order valence-corrected chi connectivity index (χ0v) is 27.3. The van der Waals surface area contributed by atoms with Crippen molar-refractivity contribution in [3.8, 4) is 22.6 Å². The Morgan fingerprint density at radius 3 is 1.71 bits per heavy atom. The van der Waals surface area contributed by atoms with Crippen molar-refractivity contribution in [1.29, 1.82) is 0 Å². The lowest BCUT2D eigenvalue weighted by Gasteiger charge is -2.34. The number of benzene rings is 5. The highest BCUT2D eigenvalue weighted by molar-refractivity contribution is 5.95. The average Bonchev–Trinajstić information content (AvgIpc) is 3.40. The summed E-state index contributed by atoms with van der Waals surface area (Å²) in [6, 6.07) is 38.8. The molecule has 1 aliphatic carbocycles. The third-order valence-electron chi connectivity index (χ3n) is 8.82. The largest absolute Gasteiger partial charge is 0.494 e. The molecule has 1 unspecified atom stereocenters. The van der Waals surface area contributed by atoms with E-state index in [9.17, 15) is 9.59 Å². The molecule has 6 nitrogen and oxygen atoms in total. The minimum absolute atomic E-state index is 0.258. The van der Waals surface area contributed by atoms with E-state index < -0.39 is 11.4 Å². The van der Waals surface area contributed by atoms with Crippen LogP contribution in [0.4, 0.5) is 0 Å². The summed E-state index contributed by atoms with van der Waals surface area (Å²) in [6.45, 7) is 6.68. The molecule has 0 radical (unpaired) electrons. The molecular weight excluding hydrogens is 600 g/mol. The highest BCUT2D eigenvalue weighted by atomic mass is 16.5. The maximum Gasteiger partial charge on any atom is 0.330 e. The minimum Gasteiger partial charge on any atom is -0.494 e. The Labute approximate surface area is 281 Å². The average molecular weight is 641 g/mol. The second-order valence-electron chi connectivity index (χ2n) is 11.9. The van der Waals surface area contributed by atoms with Crippen molar-refractivity contribution < 1.29 is 28.5 Å². The molecule has 1 atom stereocenters. The van der Waals surface area contributed by atoms with Gasteiger partial charge in [0.1, 0.15) is 11.5 Å². The third kappa shape index (κ3) is 6.84. The van der Waals surface area contributed by atoms with E-state index in [1.807, 2.05) is 12.1 Å². The van der Waals surface area contributed by atoms with Crippen molar-refractivity contribution in [2.45, 2.75) is 38.0 Å². The lowest BCUT2D eigenvalue weighted by atomic mass is 9.67. The van der Waals surface area contributed by atoms with E-state index in [1.165, 1.54) is 46.0 Å². The highest BCUT2D eigenvalue weighted by Crippen LogP contribution is 2.57. The summed E-state index contributed by atoms with van der Waals surface area (Å²) < 4.78 is 22.3. The molecular formula is C42H40O6. The number of esters is 2. The van der Waals surface area contributed by atoms with Crippen molar-refractivity contribution in [3.05, 3.63) is 144 Å². The van der Waals surface area contributed by atoms with Crippen molar-refractivity contribution in [3.63, 3.8) is 0 Å². The second kappa shape index (κ2) is 15.0. The second-order valence-corrected chi connectivity index (χ2v) is 11.9. The van der Waals surface area contributed by atoms with Gasteiger partial charge in [0.2, 0.25) is 0 Å². The summed E-state index contributed by atoms with van der Waals surface area (Å²) in [7, 11) is 0. The number of rotatable bonds is 15. The summed E-state index contributed by atoms with van der Waals surface area (Å²) in [4.78, 5) is 22.3. The van der Waals surface area contributed by atoms with Crippen molar-refractivity contribution in [1.82, 2.24) is 0 Å². The Balaban J connectivity index is 1.31. The Kier molecular flexibility index (Phi) is 10.2. The van der Waals surface area contributed by atoms with E-state index in [0.717, 1.165) is 48.3 Å². The van der Waals surface area contributed by atoms with Crippen LogP contribution in [0.15, 0.2) is 122 Å². The van der Waals surface area contributed by atoms with Gasteiger partial charge in [0, 0.05) is 13.0 Å². The van der Waals surface area contributed by atoms with E-state index in [2.05, 4.69) is 104 Å². The molecule has 0 saturated heterocycles. The van der Waals surface area contributed by atoms with Crippen LogP contribution in [-0.4, -0.2) is 38.4 Å². The van der Waals surface area contributed by atoms with E-state index >= 15 is 0 Å². The summed E-state index contributed by atoms with van der Waals surface area (Å²) in [5.74, 6) is 0.930. The SMILES string of the molecule is C=CC(=O)OCCCCOc1ccc(C2(c3ccc(OCCCCOC(C)=O)cc3)c3ccccc3-c3cc4ccccc4cc32)cc1. The molecule has 6 rings (SSSR count). The Morgan fingerprint density at radius 1 is 0.604 bits per heavy atom. The van der Waals surface area contributed by atoms with Crippen LogP contribution >= 0.6 is 0 Å². The van der Waals surface area contributed by atoms with Crippen molar-refractivity contribution >= 4 is 22.7 Å². The Morgan fingerprint density at radius 2 is 1.12 bits per heavy atom. The monoisotopic (exact) mass is 640 g/mol. The summed E-state index contributed by atoms with van der Waals surface area (Å²) in [5, 5.41) is 2.41. The molecule has 0 aliphatic heterocycles. The van der Waals surface area contributed by atoms with E-state index in [1.54, 1.807) is 0 Å². The van der Waals surface area contributed by atoms with Crippen LogP contribution in [0.1, 0.15) is 54.9 Å². The molecule has 244 valence electrons. The molecule has 0 saturated carbocycles. The molecule has 0 amide bonds. The van der Waals surface area contributed by atoms with Gasteiger partial charge in [0.15, 0.2) is 0 Å². The minimum atomic E-state index is -0.563. The molecule has 0 bridgehead atoms. The fourth-order valence-electron chi connectivity index (χ4n) is 6.59. The quantitative estimate of drug-likeness (QED) is 0.0635. The Bertz CT molecular complexity index is 1890. The topological polar surface area (TPSA) is 71.1 Å². The highest BCUT2D eigenvalue weighted by Gasteiger charge is 2.46. The first-order valence-corrected chi connectivity index (χ1v) is 16.5. The van der Waals surface area contributed by atoms with Gasteiger partial charge < -0.3 is 18.9 Å². The molecule has 5 aromatic carbocycles. The van der Waals surface area contributed by atoms with Gasteiger partial charge in [-0.05, 0) is 106 Å². The van der Waals surface area contributed by atoms with Gasteiger partial charge in [-0.25, -0.2) is 4.79 Å². The number of hydrogen-bond acceptors (Lipinski definition) is 6. The van der Waals surface area contributed by atoms with Gasteiger partial charge >= 0.3 is 11.9 Å². The molecule has 6 heteroatoms. The summed E-state index contributed by atoms with van der Waals surface area (Å²) in [5.41, 5.74) is 6.66. The van der Waals surface area contributed by atoms with Crippen LogP contribution in [0.5, 0.6) is 11.5 Å². The molecule has 48 heavy (non-hydrogen) atoms. The van der Waals surface area contributed by atoms with E-state index in [-0.39, 0.29) is 5.97 Å². The van der Waals surface area contributed by atoms with Gasteiger partial charge in [0.05, 0.1) is 31.8 Å². The zero-order valence-electron chi connectivity index (χ0n) is 27.3. The van der Waals surface area contributed by atoms with E-state index in [4.69, 9.17) is 18.9 Å². The molecule has 5 aromatic rings. The molecule has 0 heterocycles. The van der Waals surface area contributed by atoms with Gasteiger partial charge in [-0.3, -0.25) is 4.79 Å². The van der Waals surface area contributed by atoms with Crippen LogP contribution in [0.25, 0.3) is 21.9 Å². The Hall–Kier alpha value is -5.36. The number of hydrogen-bond donors (Lipinski definition) is 0. The van der Waals surface area contributed by atoms with E-state index in [0.29, 0.717) is 26.4 Å². The molecule has 0 N–H and O–H groups in total. The van der Waals surface area contributed by atoms with Crippen molar-refractivity contribution in [2.75, 3.05) is 26.4 Å². The number of carbonyl (C=O) groups is 2. The lowest BCUT2D eigenvalue weighted by molar-refractivity contribution is -0.141. The fraction of sp³-hybridized carbons (Fsp3) is 0.238. The van der Waals surface area contributed by atoms with Crippen LogP contribution in [0, 0.1) is 0 Å². The normalized spacial score (nSPS) is 14.5. The lowest BCUT2D eigenvalue weighted by Crippen LogP contribution is -2.28. The smallest absolute Gasteiger partial charge is 0.330 e. The van der Waals surface area contributed by atoms with Crippen molar-refractivity contribution in [2.24, 2.45) is 0 Å². The van der Waals surface area contributed by atoms with Crippen LogP contribution in [-0.2, 0) is 24.5 Å². The van der Waals surface area contributed by atoms with Gasteiger partial charge in [-0.15, -0.1) is 0 Å². The predicted octanol–water partition coefficient (Wildman–Crippen LogP) is 8.81. The number of unbranched alkanes of at least 4 members (excludes halogenated alkanes) is 2. The zero-order chi connectivity index (χ0) is 33.3. The predicted molar refractivity (Wildman–Crippen MR) is 188 cm³/mol. The maximum absolute atomic E-state index is 11.3. The molecule has 0 aromatic heterocycles. The van der Waals surface area contributed by atoms with Gasteiger partial charge in [-0.1, -0.05) is 79.4 Å². The molecule has 1 aliphatic rings. The fourth-order valence-corrected chi connectivity index (χ4v) is 6.59. The summed E-state index contributed by atoms with van der Waals surface area (Å²) >= 11 is 0. The van der Waals surface area contributed by atoms with Crippen LogP contribution in [0.2, 0.25) is 0 Å². The van der Waals surface area contributed by atoms with Gasteiger partial charge in [-0.2, -0.15) is 0 Å². The third-order valence-corrected chi connectivity index (χ3v) is 8.82. The maximum atomic E-state index is 11.3. The standard InChI is InChI=1S/C42H40O6/c1-3-41(44)48-27-11-10-26-47-36-22-18-34(19-23-36)42(33-16-20-35(21-17-33)46-25-9-8-24-45-30(2)43)39-15-7-6-14-37(39)38-28-31-12-4-5-13-32(31)29-40(38)42/h3-7,12-23,28-29H,1,8-11,24-27H2,2H3. The number of fused-ring (bicyclic) bond motifs is 4. The summed E-state index contributed by atoms with van der Waals surface area (Å²) in [6.07, 6.45) is 4.22. The molecule has 0 fully saturated rings. The number of carbonyl (C=O) groups excluding carboxylic acids is 2. The van der Waals surface area contributed by atoms with Crippen LogP contribution < -0.4 is 9.47 Å². The van der Waals surface area contributed by atoms with Crippen LogP contribution in [0.3, 0.4) is 0 Å². The first-order chi connectivity index (χ1) is 23.5. The first-order valence-electron chi connectivity index (χ1n) is 16.5. The van der Waals surface area contributed by atoms with Gasteiger partial charge in [0.25, 0.3) is 0 Å². The number of ether oxygens (including phenoxy) is 4. The first kappa shape index (κ1) is 32.6.